The molecule has 17 heavy (non-hydrogen) atoms. The highest BCUT2D eigenvalue weighted by Gasteiger charge is 2.09. The van der Waals surface area contributed by atoms with Crippen LogP contribution in [0.3, 0.4) is 0 Å². The monoisotopic (exact) mass is 275 g/mol. The van der Waals surface area contributed by atoms with Crippen LogP contribution in [0.5, 0.6) is 0 Å². The Morgan fingerprint density at radius 3 is 2.71 bits per heavy atom. The molecule has 1 aromatic rings. The second kappa shape index (κ2) is 5.19. The highest BCUT2D eigenvalue weighted by molar-refractivity contribution is 7.90. The summed E-state index contributed by atoms with van der Waals surface area (Å²) in [5.74, 6) is -0.693. The zero-order valence-electron chi connectivity index (χ0n) is 8.84. The first-order valence-corrected chi connectivity index (χ1v) is 6.69. The number of halogens is 1. The summed E-state index contributed by atoms with van der Waals surface area (Å²) in [6.07, 6.45) is 2.16. The summed E-state index contributed by atoms with van der Waals surface area (Å²) < 4.78 is 35.8. The van der Waals surface area contributed by atoms with Gasteiger partial charge in [-0.3, -0.25) is 5.43 Å². The van der Waals surface area contributed by atoms with E-state index in [1.807, 2.05) is 0 Å². The molecule has 0 aliphatic rings. The predicted octanol–water partition coefficient (Wildman–Crippen LogP) is 0.396. The third-order valence-electron chi connectivity index (χ3n) is 1.78. The number of hydrogen-bond donors (Lipinski definition) is 2. The van der Waals surface area contributed by atoms with E-state index >= 15 is 0 Å². The van der Waals surface area contributed by atoms with Crippen molar-refractivity contribution >= 4 is 33.4 Å². The van der Waals surface area contributed by atoms with Crippen LogP contribution in [-0.2, 0) is 9.84 Å². The summed E-state index contributed by atoms with van der Waals surface area (Å²) in [6, 6.07) is 3.52. The number of thiocarbonyl (C=S) groups is 1. The van der Waals surface area contributed by atoms with Gasteiger partial charge in [0.1, 0.15) is 5.82 Å². The first-order valence-electron chi connectivity index (χ1n) is 4.39. The molecule has 0 aliphatic heterocycles. The van der Waals surface area contributed by atoms with E-state index in [1.165, 1.54) is 12.1 Å². The number of sulfone groups is 1. The second-order valence-electron chi connectivity index (χ2n) is 3.19. The quantitative estimate of drug-likeness (QED) is 0.474. The van der Waals surface area contributed by atoms with E-state index in [4.69, 9.17) is 5.73 Å². The van der Waals surface area contributed by atoms with Gasteiger partial charge in [-0.1, -0.05) is 0 Å². The Bertz CT molecular complexity index is 570. The van der Waals surface area contributed by atoms with Crippen LogP contribution in [-0.4, -0.2) is 26.0 Å². The van der Waals surface area contributed by atoms with E-state index in [-0.39, 0.29) is 15.6 Å². The number of rotatable bonds is 3. The van der Waals surface area contributed by atoms with E-state index in [0.717, 1.165) is 18.5 Å². The molecule has 1 rings (SSSR count). The number of nitrogens with one attached hydrogen (secondary N) is 1. The van der Waals surface area contributed by atoms with Crippen molar-refractivity contribution in [3.63, 3.8) is 0 Å². The summed E-state index contributed by atoms with van der Waals surface area (Å²) in [5.41, 5.74) is 7.50. The summed E-state index contributed by atoms with van der Waals surface area (Å²) >= 11 is 4.49. The van der Waals surface area contributed by atoms with Crippen LogP contribution in [0.2, 0.25) is 0 Å². The lowest BCUT2D eigenvalue weighted by Crippen LogP contribution is -2.24. The molecule has 0 radical (unpaired) electrons. The lowest BCUT2D eigenvalue weighted by atomic mass is 10.2. The van der Waals surface area contributed by atoms with Crippen LogP contribution < -0.4 is 11.2 Å². The highest BCUT2D eigenvalue weighted by Crippen LogP contribution is 2.13. The van der Waals surface area contributed by atoms with Crippen LogP contribution in [0.15, 0.2) is 28.2 Å². The third kappa shape index (κ3) is 4.08. The SMILES string of the molecule is CS(=O)(=O)c1ccc(C=NNC(N)=S)c(F)c1. The van der Waals surface area contributed by atoms with E-state index in [9.17, 15) is 12.8 Å². The Morgan fingerprint density at radius 1 is 1.59 bits per heavy atom. The number of benzene rings is 1. The van der Waals surface area contributed by atoms with Crippen molar-refractivity contribution in [3.05, 3.63) is 29.6 Å². The van der Waals surface area contributed by atoms with Gasteiger partial charge in [-0.15, -0.1) is 0 Å². The Morgan fingerprint density at radius 2 is 2.24 bits per heavy atom. The molecule has 0 heterocycles. The maximum atomic E-state index is 13.5. The summed E-state index contributed by atoms with van der Waals surface area (Å²) in [4.78, 5) is -0.0885. The van der Waals surface area contributed by atoms with Crippen LogP contribution in [0, 0.1) is 5.82 Å². The van der Waals surface area contributed by atoms with Gasteiger partial charge in [0, 0.05) is 11.8 Å². The fourth-order valence-corrected chi connectivity index (χ4v) is 1.69. The van der Waals surface area contributed by atoms with Gasteiger partial charge in [0.05, 0.1) is 11.1 Å². The van der Waals surface area contributed by atoms with Crippen molar-refractivity contribution < 1.29 is 12.8 Å². The number of hydrazone groups is 1. The lowest BCUT2D eigenvalue weighted by molar-refractivity contribution is 0.595. The molecule has 0 fully saturated rings. The van der Waals surface area contributed by atoms with Crippen molar-refractivity contribution in [3.8, 4) is 0 Å². The Kier molecular flexibility index (Phi) is 4.13. The molecule has 0 atom stereocenters. The van der Waals surface area contributed by atoms with E-state index < -0.39 is 15.7 Å². The Hall–Kier alpha value is -1.54. The fourth-order valence-electron chi connectivity index (χ4n) is 1.01. The predicted molar refractivity (Wildman–Crippen MR) is 67.0 cm³/mol. The number of nitrogens with two attached hydrogens (primary N) is 1. The molecular weight excluding hydrogens is 265 g/mol. The van der Waals surface area contributed by atoms with Crippen molar-refractivity contribution in [2.45, 2.75) is 4.90 Å². The minimum absolute atomic E-state index is 0.0468. The van der Waals surface area contributed by atoms with E-state index in [2.05, 4.69) is 22.7 Å². The first kappa shape index (κ1) is 13.5. The van der Waals surface area contributed by atoms with Gasteiger partial charge in [-0.05, 0) is 30.4 Å². The van der Waals surface area contributed by atoms with Gasteiger partial charge in [0.25, 0.3) is 0 Å². The van der Waals surface area contributed by atoms with Gasteiger partial charge >= 0.3 is 0 Å². The average molecular weight is 275 g/mol. The summed E-state index contributed by atoms with van der Waals surface area (Å²) in [5, 5.41) is 3.52. The molecule has 0 saturated heterocycles. The van der Waals surface area contributed by atoms with Gasteiger partial charge in [-0.2, -0.15) is 5.10 Å². The molecule has 8 heteroatoms. The third-order valence-corrected chi connectivity index (χ3v) is 2.98. The zero-order chi connectivity index (χ0) is 13.1. The van der Waals surface area contributed by atoms with E-state index in [1.54, 1.807) is 0 Å². The lowest BCUT2D eigenvalue weighted by Gasteiger charge is -2.01. The Labute approximate surface area is 103 Å². The van der Waals surface area contributed by atoms with Crippen LogP contribution in [0.4, 0.5) is 4.39 Å². The minimum atomic E-state index is -3.42. The molecular formula is C9H10FN3O2S2. The van der Waals surface area contributed by atoms with Crippen LogP contribution in [0.1, 0.15) is 5.56 Å². The van der Waals surface area contributed by atoms with Crippen LogP contribution >= 0.6 is 12.2 Å². The van der Waals surface area contributed by atoms with Crippen molar-refractivity contribution in [1.29, 1.82) is 0 Å². The van der Waals surface area contributed by atoms with Crippen LogP contribution in [0.25, 0.3) is 0 Å². The smallest absolute Gasteiger partial charge is 0.184 e. The normalized spacial score (nSPS) is 11.6. The maximum Gasteiger partial charge on any atom is 0.184 e. The molecule has 0 bridgehead atoms. The maximum absolute atomic E-state index is 13.5. The zero-order valence-corrected chi connectivity index (χ0v) is 10.5. The topological polar surface area (TPSA) is 84.5 Å². The highest BCUT2D eigenvalue weighted by atomic mass is 32.2. The largest absolute Gasteiger partial charge is 0.375 e. The van der Waals surface area contributed by atoms with Crippen molar-refractivity contribution in [2.24, 2.45) is 10.8 Å². The molecule has 0 unspecified atom stereocenters. The first-order chi connectivity index (χ1) is 7.80. The molecule has 0 aromatic heterocycles. The molecule has 5 nitrogen and oxygen atoms in total. The van der Waals surface area contributed by atoms with E-state index in [0.29, 0.717) is 0 Å². The van der Waals surface area contributed by atoms with Gasteiger partial charge in [0.15, 0.2) is 14.9 Å². The van der Waals surface area contributed by atoms with Crippen molar-refractivity contribution in [1.82, 2.24) is 5.43 Å². The van der Waals surface area contributed by atoms with Gasteiger partial charge < -0.3 is 5.73 Å². The number of hydrogen-bond acceptors (Lipinski definition) is 4. The Balaban J connectivity index is 2.99. The molecule has 1 aromatic carbocycles. The minimum Gasteiger partial charge on any atom is -0.375 e. The standard InChI is InChI=1S/C9H10FN3O2S2/c1-17(14,15)7-3-2-6(8(10)4-7)5-12-13-9(11)16/h2-5H,1H3,(H3,11,13,16). The fraction of sp³-hybridized carbons (Fsp3) is 0.111. The van der Waals surface area contributed by atoms with Gasteiger partial charge in [-0.25, -0.2) is 12.8 Å². The summed E-state index contributed by atoms with van der Waals surface area (Å²) in [7, 11) is -3.42. The number of nitrogens with zero attached hydrogens (tertiary/aromatic N) is 1. The average Bonchev–Trinajstić information content (AvgIpc) is 2.18. The molecule has 92 valence electrons. The second-order valence-corrected chi connectivity index (χ2v) is 5.65. The molecule has 0 amide bonds. The molecule has 0 spiro atoms. The summed E-state index contributed by atoms with van der Waals surface area (Å²) in [6.45, 7) is 0. The molecule has 3 N–H and O–H groups in total. The van der Waals surface area contributed by atoms with Gasteiger partial charge in [0.2, 0.25) is 0 Å². The molecule has 0 aliphatic carbocycles. The van der Waals surface area contributed by atoms with Crippen molar-refractivity contribution in [2.75, 3.05) is 6.26 Å². The molecule has 0 saturated carbocycles.